The zero-order valence-corrected chi connectivity index (χ0v) is 11.8. The van der Waals surface area contributed by atoms with Gasteiger partial charge in [-0.05, 0) is 6.42 Å². The molecule has 0 aliphatic carbocycles. The van der Waals surface area contributed by atoms with E-state index in [1.165, 1.54) is 0 Å². The molecule has 21 heavy (non-hydrogen) atoms. The molecule has 0 radical (unpaired) electrons. The lowest BCUT2D eigenvalue weighted by molar-refractivity contribution is 0.243. The zero-order chi connectivity index (χ0) is 14.7. The standard InChI is InChI=1S/C13H17N7O/c1-2-11-14-5-10(6-15-11)19-13(21)18-9-3-4-12-16-8-17-20(12)7-9/h5-6,8-9H,2-4,7H2,1H3,(H2,18,19,21). The maximum Gasteiger partial charge on any atom is 0.319 e. The average molecular weight is 287 g/mol. The van der Waals surface area contributed by atoms with Crippen LogP contribution in [0.1, 0.15) is 25.0 Å². The highest BCUT2D eigenvalue weighted by molar-refractivity contribution is 5.89. The summed E-state index contributed by atoms with van der Waals surface area (Å²) in [5, 5.41) is 9.80. The predicted molar refractivity (Wildman–Crippen MR) is 75.7 cm³/mol. The normalized spacial score (nSPS) is 17.1. The Kier molecular flexibility index (Phi) is 3.76. The van der Waals surface area contributed by atoms with Crippen LogP contribution in [0.25, 0.3) is 0 Å². The van der Waals surface area contributed by atoms with Crippen molar-refractivity contribution in [2.24, 2.45) is 0 Å². The molecule has 110 valence electrons. The average Bonchev–Trinajstić information content (AvgIpc) is 2.95. The summed E-state index contributed by atoms with van der Waals surface area (Å²) in [6.45, 7) is 2.63. The van der Waals surface area contributed by atoms with Crippen LogP contribution in [0, 0.1) is 0 Å². The molecule has 1 aliphatic rings. The number of rotatable bonds is 3. The van der Waals surface area contributed by atoms with Gasteiger partial charge in [-0.2, -0.15) is 5.10 Å². The highest BCUT2D eigenvalue weighted by Gasteiger charge is 2.21. The Balaban J connectivity index is 1.54. The van der Waals surface area contributed by atoms with Crippen molar-refractivity contribution in [1.29, 1.82) is 0 Å². The fraction of sp³-hybridized carbons (Fsp3) is 0.462. The number of anilines is 1. The Labute approximate surface area is 122 Å². The van der Waals surface area contributed by atoms with Crippen LogP contribution in [0.4, 0.5) is 10.5 Å². The van der Waals surface area contributed by atoms with Crippen molar-refractivity contribution in [3.8, 4) is 0 Å². The van der Waals surface area contributed by atoms with Crippen molar-refractivity contribution in [1.82, 2.24) is 30.0 Å². The van der Waals surface area contributed by atoms with E-state index in [1.807, 2.05) is 11.6 Å². The van der Waals surface area contributed by atoms with Gasteiger partial charge in [0, 0.05) is 12.8 Å². The Bertz CT molecular complexity index is 622. The van der Waals surface area contributed by atoms with Crippen molar-refractivity contribution in [2.45, 2.75) is 38.8 Å². The molecule has 0 spiro atoms. The highest BCUT2D eigenvalue weighted by Crippen LogP contribution is 2.11. The number of urea groups is 1. The van der Waals surface area contributed by atoms with Gasteiger partial charge in [0.05, 0.1) is 30.7 Å². The van der Waals surface area contributed by atoms with Crippen LogP contribution in [-0.4, -0.2) is 36.8 Å². The molecular formula is C13H17N7O. The van der Waals surface area contributed by atoms with Gasteiger partial charge >= 0.3 is 6.03 Å². The first-order chi connectivity index (χ1) is 10.2. The molecule has 0 bridgehead atoms. The first-order valence-corrected chi connectivity index (χ1v) is 6.99. The number of nitrogens with one attached hydrogen (secondary N) is 2. The van der Waals surface area contributed by atoms with E-state index in [-0.39, 0.29) is 12.1 Å². The van der Waals surface area contributed by atoms with Gasteiger partial charge in [-0.1, -0.05) is 6.92 Å². The molecule has 1 aliphatic heterocycles. The van der Waals surface area contributed by atoms with Gasteiger partial charge in [0.1, 0.15) is 18.0 Å². The largest absolute Gasteiger partial charge is 0.333 e. The summed E-state index contributed by atoms with van der Waals surface area (Å²) in [5.74, 6) is 1.73. The van der Waals surface area contributed by atoms with Gasteiger partial charge < -0.3 is 10.6 Å². The third-order valence-electron chi connectivity index (χ3n) is 3.42. The van der Waals surface area contributed by atoms with Crippen LogP contribution in [0.15, 0.2) is 18.7 Å². The minimum Gasteiger partial charge on any atom is -0.333 e. The number of carbonyl (C=O) groups excluding carboxylic acids is 1. The first-order valence-electron chi connectivity index (χ1n) is 6.99. The van der Waals surface area contributed by atoms with Gasteiger partial charge in [-0.15, -0.1) is 0 Å². The van der Waals surface area contributed by atoms with E-state index in [9.17, 15) is 4.79 Å². The third-order valence-corrected chi connectivity index (χ3v) is 3.42. The lowest BCUT2D eigenvalue weighted by Gasteiger charge is -2.23. The Hall–Kier alpha value is -2.51. The van der Waals surface area contributed by atoms with Crippen molar-refractivity contribution >= 4 is 11.7 Å². The van der Waals surface area contributed by atoms with E-state index in [1.54, 1.807) is 18.7 Å². The summed E-state index contributed by atoms with van der Waals surface area (Å²) in [4.78, 5) is 24.4. The van der Waals surface area contributed by atoms with E-state index in [4.69, 9.17) is 0 Å². The van der Waals surface area contributed by atoms with E-state index in [0.29, 0.717) is 12.2 Å². The molecule has 1 atom stereocenters. The van der Waals surface area contributed by atoms with E-state index >= 15 is 0 Å². The fourth-order valence-electron chi connectivity index (χ4n) is 2.31. The maximum absolute atomic E-state index is 12.0. The van der Waals surface area contributed by atoms with Crippen molar-refractivity contribution in [3.05, 3.63) is 30.4 Å². The number of aromatic nitrogens is 5. The zero-order valence-electron chi connectivity index (χ0n) is 11.8. The highest BCUT2D eigenvalue weighted by atomic mass is 16.2. The number of hydrogen-bond donors (Lipinski definition) is 2. The van der Waals surface area contributed by atoms with Gasteiger partial charge in [0.25, 0.3) is 0 Å². The topological polar surface area (TPSA) is 97.6 Å². The second-order valence-electron chi connectivity index (χ2n) is 4.93. The molecule has 3 rings (SSSR count). The molecule has 8 heteroatoms. The quantitative estimate of drug-likeness (QED) is 0.869. The molecule has 2 amide bonds. The van der Waals surface area contributed by atoms with Gasteiger partial charge in [0.15, 0.2) is 0 Å². The smallest absolute Gasteiger partial charge is 0.319 e. The number of fused-ring (bicyclic) bond motifs is 1. The number of aryl methyl sites for hydroxylation is 2. The number of amides is 2. The lowest BCUT2D eigenvalue weighted by Crippen LogP contribution is -2.43. The van der Waals surface area contributed by atoms with Crippen LogP contribution in [0.2, 0.25) is 0 Å². The van der Waals surface area contributed by atoms with Crippen LogP contribution in [0.3, 0.4) is 0 Å². The molecular weight excluding hydrogens is 270 g/mol. The molecule has 0 saturated carbocycles. The van der Waals surface area contributed by atoms with E-state index in [0.717, 1.165) is 30.9 Å². The van der Waals surface area contributed by atoms with E-state index < -0.39 is 0 Å². The van der Waals surface area contributed by atoms with E-state index in [2.05, 4.69) is 30.7 Å². The Morgan fingerprint density at radius 1 is 1.38 bits per heavy atom. The summed E-state index contributed by atoms with van der Waals surface area (Å²) in [7, 11) is 0. The molecule has 2 aromatic heterocycles. The summed E-state index contributed by atoms with van der Waals surface area (Å²) < 4.78 is 1.83. The van der Waals surface area contributed by atoms with Gasteiger partial charge in [-0.25, -0.2) is 24.4 Å². The van der Waals surface area contributed by atoms with Crippen molar-refractivity contribution in [3.63, 3.8) is 0 Å². The summed E-state index contributed by atoms with van der Waals surface area (Å²) in [6.07, 6.45) is 7.22. The maximum atomic E-state index is 12.0. The molecule has 2 aromatic rings. The fourth-order valence-corrected chi connectivity index (χ4v) is 2.31. The number of nitrogens with zero attached hydrogens (tertiary/aromatic N) is 5. The molecule has 0 aromatic carbocycles. The number of carbonyl (C=O) groups is 1. The molecule has 1 unspecified atom stereocenters. The van der Waals surface area contributed by atoms with Gasteiger partial charge in [-0.3, -0.25) is 0 Å². The Morgan fingerprint density at radius 2 is 2.19 bits per heavy atom. The third kappa shape index (κ3) is 3.15. The van der Waals surface area contributed by atoms with Crippen LogP contribution >= 0.6 is 0 Å². The van der Waals surface area contributed by atoms with Crippen LogP contribution < -0.4 is 10.6 Å². The molecule has 8 nitrogen and oxygen atoms in total. The molecule has 2 N–H and O–H groups in total. The summed E-state index contributed by atoms with van der Waals surface area (Å²) in [6, 6.07) is -0.202. The molecule has 0 saturated heterocycles. The predicted octanol–water partition coefficient (Wildman–Crippen LogP) is 0.767. The summed E-state index contributed by atoms with van der Waals surface area (Å²) >= 11 is 0. The first kappa shape index (κ1) is 13.5. The monoisotopic (exact) mass is 287 g/mol. The van der Waals surface area contributed by atoms with Crippen LogP contribution in [-0.2, 0) is 19.4 Å². The van der Waals surface area contributed by atoms with Crippen molar-refractivity contribution in [2.75, 3.05) is 5.32 Å². The summed E-state index contributed by atoms with van der Waals surface area (Å²) in [5.41, 5.74) is 0.585. The SMILES string of the molecule is CCc1ncc(NC(=O)NC2CCc3ncnn3C2)cn1. The van der Waals surface area contributed by atoms with Crippen LogP contribution in [0.5, 0.6) is 0 Å². The minimum atomic E-state index is -0.253. The Morgan fingerprint density at radius 3 is 2.95 bits per heavy atom. The lowest BCUT2D eigenvalue weighted by atomic mass is 10.1. The second kappa shape index (κ2) is 5.86. The van der Waals surface area contributed by atoms with Crippen molar-refractivity contribution < 1.29 is 4.79 Å². The second-order valence-corrected chi connectivity index (χ2v) is 4.93. The molecule has 3 heterocycles. The minimum absolute atomic E-state index is 0.0510. The van der Waals surface area contributed by atoms with Gasteiger partial charge in [0.2, 0.25) is 0 Å². The number of hydrogen-bond acceptors (Lipinski definition) is 5. The molecule has 0 fully saturated rings.